The highest BCUT2D eigenvalue weighted by Crippen LogP contribution is 2.24. The van der Waals surface area contributed by atoms with Crippen molar-refractivity contribution in [2.45, 2.75) is 39.0 Å². The van der Waals surface area contributed by atoms with E-state index in [-0.39, 0.29) is 23.1 Å². The van der Waals surface area contributed by atoms with Gasteiger partial charge in [0.15, 0.2) is 5.76 Å². The zero-order valence-corrected chi connectivity index (χ0v) is 17.4. The fourth-order valence-corrected chi connectivity index (χ4v) is 3.44. The van der Waals surface area contributed by atoms with Gasteiger partial charge in [-0.3, -0.25) is 9.59 Å². The predicted molar refractivity (Wildman–Crippen MR) is 111 cm³/mol. The maximum Gasteiger partial charge on any atom is 0.289 e. The average molecular weight is 399 g/mol. The SMILES string of the molecule is CC(C)(C)c1ccc(OCCNC(=O)C2CCN(C(=O)c3ccco3)CC2)cc1. The van der Waals surface area contributed by atoms with Crippen molar-refractivity contribution in [3.8, 4) is 5.75 Å². The molecule has 1 saturated heterocycles. The number of carbonyl (C=O) groups excluding carboxylic acids is 2. The molecular weight excluding hydrogens is 368 g/mol. The van der Waals surface area contributed by atoms with Crippen molar-refractivity contribution in [2.75, 3.05) is 26.2 Å². The van der Waals surface area contributed by atoms with Crippen LogP contribution in [0, 0.1) is 5.92 Å². The minimum Gasteiger partial charge on any atom is -0.492 e. The summed E-state index contributed by atoms with van der Waals surface area (Å²) >= 11 is 0. The molecule has 1 aliphatic rings. The monoisotopic (exact) mass is 398 g/mol. The van der Waals surface area contributed by atoms with Gasteiger partial charge in [0, 0.05) is 19.0 Å². The summed E-state index contributed by atoms with van der Waals surface area (Å²) in [7, 11) is 0. The van der Waals surface area contributed by atoms with Gasteiger partial charge in [-0.15, -0.1) is 0 Å². The van der Waals surface area contributed by atoms with Gasteiger partial charge in [0.25, 0.3) is 5.91 Å². The first-order valence-corrected chi connectivity index (χ1v) is 10.2. The van der Waals surface area contributed by atoms with Gasteiger partial charge in [-0.25, -0.2) is 0 Å². The number of carbonyl (C=O) groups is 2. The largest absolute Gasteiger partial charge is 0.492 e. The summed E-state index contributed by atoms with van der Waals surface area (Å²) < 4.78 is 10.9. The quantitative estimate of drug-likeness (QED) is 0.755. The molecule has 29 heavy (non-hydrogen) atoms. The number of piperidine rings is 1. The predicted octanol–water partition coefficient (Wildman–Crippen LogP) is 3.62. The fraction of sp³-hybridized carbons (Fsp3) is 0.478. The topological polar surface area (TPSA) is 71.8 Å². The summed E-state index contributed by atoms with van der Waals surface area (Å²) in [5, 5.41) is 2.94. The van der Waals surface area contributed by atoms with E-state index in [1.807, 2.05) is 12.1 Å². The Morgan fingerprint density at radius 1 is 1.14 bits per heavy atom. The smallest absolute Gasteiger partial charge is 0.289 e. The summed E-state index contributed by atoms with van der Waals surface area (Å²) in [6, 6.07) is 11.5. The molecule has 0 spiro atoms. The van der Waals surface area contributed by atoms with Gasteiger partial charge in [0.1, 0.15) is 12.4 Å². The summed E-state index contributed by atoms with van der Waals surface area (Å²) in [5.74, 6) is 1.00. The Hall–Kier alpha value is -2.76. The van der Waals surface area contributed by atoms with Crippen LogP contribution in [0.15, 0.2) is 47.1 Å². The molecule has 6 nitrogen and oxygen atoms in total. The first kappa shape index (κ1) is 21.0. The Morgan fingerprint density at radius 2 is 1.83 bits per heavy atom. The zero-order chi connectivity index (χ0) is 20.9. The van der Waals surface area contributed by atoms with Gasteiger partial charge < -0.3 is 19.4 Å². The highest BCUT2D eigenvalue weighted by atomic mass is 16.5. The number of ether oxygens (including phenoxy) is 1. The van der Waals surface area contributed by atoms with Gasteiger partial charge in [-0.05, 0) is 48.1 Å². The second kappa shape index (κ2) is 9.16. The van der Waals surface area contributed by atoms with Crippen LogP contribution in [0.3, 0.4) is 0 Å². The van der Waals surface area contributed by atoms with E-state index in [1.54, 1.807) is 17.0 Å². The minimum absolute atomic E-state index is 0.0294. The van der Waals surface area contributed by atoms with Gasteiger partial charge >= 0.3 is 0 Å². The van der Waals surface area contributed by atoms with Crippen molar-refractivity contribution in [3.05, 3.63) is 54.0 Å². The van der Waals surface area contributed by atoms with Crippen LogP contribution in [0.2, 0.25) is 0 Å². The van der Waals surface area contributed by atoms with Crippen LogP contribution in [0.1, 0.15) is 49.7 Å². The number of benzene rings is 1. The maximum absolute atomic E-state index is 12.4. The summed E-state index contributed by atoms with van der Waals surface area (Å²) in [6.45, 7) is 8.55. The highest BCUT2D eigenvalue weighted by molar-refractivity contribution is 5.91. The molecule has 3 rings (SSSR count). The van der Waals surface area contributed by atoms with Crippen LogP contribution >= 0.6 is 0 Å². The van der Waals surface area contributed by atoms with E-state index < -0.39 is 0 Å². The molecule has 0 saturated carbocycles. The van der Waals surface area contributed by atoms with Crippen LogP contribution in [-0.2, 0) is 10.2 Å². The normalized spacial score (nSPS) is 15.2. The number of furan rings is 1. The van der Waals surface area contributed by atoms with Crippen molar-refractivity contribution >= 4 is 11.8 Å². The van der Waals surface area contributed by atoms with Gasteiger partial charge in [-0.1, -0.05) is 32.9 Å². The molecule has 1 aromatic carbocycles. The minimum atomic E-state index is -0.111. The molecule has 0 aliphatic carbocycles. The van der Waals surface area contributed by atoms with Crippen LogP contribution < -0.4 is 10.1 Å². The Balaban J connectivity index is 1.36. The number of hydrogen-bond donors (Lipinski definition) is 1. The molecule has 2 aromatic rings. The molecule has 0 unspecified atom stereocenters. The highest BCUT2D eigenvalue weighted by Gasteiger charge is 2.28. The molecule has 1 fully saturated rings. The van der Waals surface area contributed by atoms with Crippen LogP contribution in [0.25, 0.3) is 0 Å². The molecule has 2 heterocycles. The zero-order valence-electron chi connectivity index (χ0n) is 17.4. The number of likely N-dealkylation sites (tertiary alicyclic amines) is 1. The van der Waals surface area contributed by atoms with Gasteiger partial charge in [-0.2, -0.15) is 0 Å². The number of nitrogens with zero attached hydrogens (tertiary/aromatic N) is 1. The average Bonchev–Trinajstić information content (AvgIpc) is 3.25. The van der Waals surface area contributed by atoms with Crippen molar-refractivity contribution < 1.29 is 18.7 Å². The number of amides is 2. The summed E-state index contributed by atoms with van der Waals surface area (Å²) in [5.41, 5.74) is 1.38. The van der Waals surface area contributed by atoms with Gasteiger partial charge in [0.05, 0.1) is 12.8 Å². The molecule has 0 atom stereocenters. The lowest BCUT2D eigenvalue weighted by Gasteiger charge is -2.30. The fourth-order valence-electron chi connectivity index (χ4n) is 3.44. The van der Waals surface area contributed by atoms with Crippen molar-refractivity contribution in [3.63, 3.8) is 0 Å². The molecule has 0 bridgehead atoms. The van der Waals surface area contributed by atoms with Crippen molar-refractivity contribution in [1.82, 2.24) is 10.2 Å². The standard InChI is InChI=1S/C23H30N2O4/c1-23(2,3)18-6-8-19(9-7-18)28-16-12-24-21(26)17-10-13-25(14-11-17)22(27)20-5-4-15-29-20/h4-9,15,17H,10-14,16H2,1-3H3,(H,24,26). The van der Waals surface area contributed by atoms with Crippen LogP contribution in [0.5, 0.6) is 5.75 Å². The Morgan fingerprint density at radius 3 is 2.41 bits per heavy atom. The summed E-state index contributed by atoms with van der Waals surface area (Å²) in [6.07, 6.45) is 2.81. The lowest BCUT2D eigenvalue weighted by molar-refractivity contribution is -0.126. The van der Waals surface area contributed by atoms with E-state index in [0.717, 1.165) is 5.75 Å². The molecule has 0 radical (unpaired) electrons. The van der Waals surface area contributed by atoms with Crippen molar-refractivity contribution in [1.29, 1.82) is 0 Å². The Labute approximate surface area is 172 Å². The van der Waals surface area contributed by atoms with E-state index in [9.17, 15) is 9.59 Å². The Bertz CT molecular complexity index is 798. The third kappa shape index (κ3) is 5.62. The van der Waals surface area contributed by atoms with E-state index in [0.29, 0.717) is 44.8 Å². The third-order valence-corrected chi connectivity index (χ3v) is 5.28. The number of nitrogens with one attached hydrogen (secondary N) is 1. The molecule has 6 heteroatoms. The van der Waals surface area contributed by atoms with Crippen LogP contribution in [0.4, 0.5) is 0 Å². The second-order valence-electron chi connectivity index (χ2n) is 8.46. The molecule has 2 amide bonds. The number of rotatable bonds is 6. The molecule has 1 N–H and O–H groups in total. The van der Waals surface area contributed by atoms with E-state index in [4.69, 9.17) is 9.15 Å². The first-order valence-electron chi connectivity index (χ1n) is 10.2. The van der Waals surface area contributed by atoms with E-state index >= 15 is 0 Å². The van der Waals surface area contributed by atoms with Crippen LogP contribution in [-0.4, -0.2) is 43.0 Å². The van der Waals surface area contributed by atoms with E-state index in [1.165, 1.54) is 11.8 Å². The maximum atomic E-state index is 12.4. The van der Waals surface area contributed by atoms with E-state index in [2.05, 4.69) is 38.2 Å². The molecule has 156 valence electrons. The van der Waals surface area contributed by atoms with Crippen molar-refractivity contribution in [2.24, 2.45) is 5.92 Å². The third-order valence-electron chi connectivity index (χ3n) is 5.28. The summed E-state index contributed by atoms with van der Waals surface area (Å²) in [4.78, 5) is 26.4. The molecule has 1 aromatic heterocycles. The number of hydrogen-bond acceptors (Lipinski definition) is 4. The molecule has 1 aliphatic heterocycles. The first-order chi connectivity index (χ1) is 13.8. The van der Waals surface area contributed by atoms with Gasteiger partial charge in [0.2, 0.25) is 5.91 Å². The molecular formula is C23H30N2O4. The lowest BCUT2D eigenvalue weighted by atomic mass is 9.87. The second-order valence-corrected chi connectivity index (χ2v) is 8.46. The lowest BCUT2D eigenvalue weighted by Crippen LogP contribution is -2.43. The Kier molecular flexibility index (Phi) is 6.62.